The van der Waals surface area contributed by atoms with Crippen LogP contribution in [0, 0.1) is 6.92 Å². The molecule has 112 valence electrons. The minimum atomic E-state index is 0.576. The number of halogens is 2. The Kier molecular flexibility index (Phi) is 5.51. The second-order valence-electron chi connectivity index (χ2n) is 4.59. The molecular weight excluding hydrogens is 354 g/mol. The van der Waals surface area contributed by atoms with Crippen molar-refractivity contribution in [2.24, 2.45) is 0 Å². The van der Waals surface area contributed by atoms with Crippen molar-refractivity contribution < 1.29 is 9.47 Å². The van der Waals surface area contributed by atoms with Crippen molar-refractivity contribution in [1.29, 1.82) is 0 Å². The molecule has 0 heterocycles. The van der Waals surface area contributed by atoms with Crippen molar-refractivity contribution in [3.05, 3.63) is 51.0 Å². The highest BCUT2D eigenvalue weighted by molar-refractivity contribution is 9.10. The number of nitrogens with one attached hydrogen (secondary N) is 1. The number of benzene rings is 2. The SMILES string of the molecule is CNCc1ccc(Br)cc1Oc1ccc(Cl)c(OC)c1C. The first-order valence-corrected chi connectivity index (χ1v) is 7.68. The van der Waals surface area contributed by atoms with Crippen LogP contribution in [-0.2, 0) is 6.54 Å². The van der Waals surface area contributed by atoms with E-state index in [1.54, 1.807) is 13.2 Å². The zero-order chi connectivity index (χ0) is 15.4. The fraction of sp³-hybridized carbons (Fsp3) is 0.250. The van der Waals surface area contributed by atoms with Gasteiger partial charge in [0.1, 0.15) is 17.2 Å². The van der Waals surface area contributed by atoms with E-state index >= 15 is 0 Å². The van der Waals surface area contributed by atoms with Gasteiger partial charge in [0.2, 0.25) is 0 Å². The van der Waals surface area contributed by atoms with Gasteiger partial charge < -0.3 is 14.8 Å². The highest BCUT2D eigenvalue weighted by Crippen LogP contribution is 2.38. The molecule has 2 aromatic rings. The van der Waals surface area contributed by atoms with Crippen LogP contribution in [-0.4, -0.2) is 14.2 Å². The standard InChI is InChI=1S/C16H17BrClNO2/c1-10-14(7-6-13(18)16(10)20-3)21-15-8-12(17)5-4-11(15)9-19-2/h4-8,19H,9H2,1-3H3. The molecule has 0 aliphatic carbocycles. The van der Waals surface area contributed by atoms with Gasteiger partial charge in [-0.05, 0) is 38.2 Å². The Balaban J connectivity index is 2.40. The summed E-state index contributed by atoms with van der Waals surface area (Å²) in [6.45, 7) is 2.65. The van der Waals surface area contributed by atoms with Crippen LogP contribution in [0.4, 0.5) is 0 Å². The molecular formula is C16H17BrClNO2. The Bertz CT molecular complexity index is 646. The van der Waals surface area contributed by atoms with Gasteiger partial charge in [-0.2, -0.15) is 0 Å². The largest absolute Gasteiger partial charge is 0.495 e. The van der Waals surface area contributed by atoms with E-state index in [2.05, 4.69) is 21.2 Å². The quantitative estimate of drug-likeness (QED) is 0.809. The van der Waals surface area contributed by atoms with Gasteiger partial charge in [0.15, 0.2) is 0 Å². The highest BCUT2D eigenvalue weighted by atomic mass is 79.9. The van der Waals surface area contributed by atoms with Crippen molar-refractivity contribution in [1.82, 2.24) is 5.32 Å². The van der Waals surface area contributed by atoms with Crippen LogP contribution in [0.5, 0.6) is 17.2 Å². The summed E-state index contributed by atoms with van der Waals surface area (Å²) in [6, 6.07) is 9.60. The Morgan fingerprint density at radius 2 is 1.95 bits per heavy atom. The molecule has 3 nitrogen and oxygen atoms in total. The molecule has 0 atom stereocenters. The lowest BCUT2D eigenvalue weighted by molar-refractivity contribution is 0.404. The second kappa shape index (κ2) is 7.16. The third-order valence-corrected chi connectivity index (χ3v) is 3.92. The summed E-state index contributed by atoms with van der Waals surface area (Å²) in [4.78, 5) is 0. The summed E-state index contributed by atoms with van der Waals surface area (Å²) in [5, 5.41) is 3.71. The van der Waals surface area contributed by atoms with Crippen molar-refractivity contribution in [2.45, 2.75) is 13.5 Å². The maximum atomic E-state index is 6.11. The van der Waals surface area contributed by atoms with Crippen LogP contribution < -0.4 is 14.8 Å². The smallest absolute Gasteiger partial charge is 0.144 e. The second-order valence-corrected chi connectivity index (χ2v) is 5.91. The van der Waals surface area contributed by atoms with Gasteiger partial charge in [-0.15, -0.1) is 0 Å². The Morgan fingerprint density at radius 3 is 2.62 bits per heavy atom. The predicted molar refractivity (Wildman–Crippen MR) is 89.7 cm³/mol. The molecule has 21 heavy (non-hydrogen) atoms. The highest BCUT2D eigenvalue weighted by Gasteiger charge is 2.13. The monoisotopic (exact) mass is 369 g/mol. The fourth-order valence-corrected chi connectivity index (χ4v) is 2.70. The van der Waals surface area contributed by atoms with Crippen molar-refractivity contribution in [2.75, 3.05) is 14.2 Å². The summed E-state index contributed by atoms with van der Waals surface area (Å²) >= 11 is 9.59. The van der Waals surface area contributed by atoms with E-state index in [1.165, 1.54) is 0 Å². The van der Waals surface area contributed by atoms with Gasteiger partial charge in [0.25, 0.3) is 0 Å². The predicted octanol–water partition coefficient (Wildman–Crippen LogP) is 4.93. The first-order valence-electron chi connectivity index (χ1n) is 6.50. The van der Waals surface area contributed by atoms with Crippen LogP contribution in [0.2, 0.25) is 5.02 Å². The molecule has 0 bridgehead atoms. The Morgan fingerprint density at radius 1 is 1.19 bits per heavy atom. The summed E-state index contributed by atoms with van der Waals surface area (Å²) in [5.74, 6) is 2.16. The van der Waals surface area contributed by atoms with Crippen LogP contribution in [0.15, 0.2) is 34.8 Å². The Hall–Kier alpha value is -1.23. The summed E-state index contributed by atoms with van der Waals surface area (Å²) in [7, 11) is 3.51. The third-order valence-electron chi connectivity index (χ3n) is 3.13. The van der Waals surface area contributed by atoms with E-state index in [0.717, 1.165) is 33.6 Å². The number of hydrogen-bond donors (Lipinski definition) is 1. The van der Waals surface area contributed by atoms with Crippen LogP contribution in [0.25, 0.3) is 0 Å². The van der Waals surface area contributed by atoms with E-state index < -0.39 is 0 Å². The molecule has 0 aliphatic rings. The van der Waals surface area contributed by atoms with Crippen LogP contribution in [0.3, 0.4) is 0 Å². The fourth-order valence-electron chi connectivity index (χ4n) is 2.08. The lowest BCUT2D eigenvalue weighted by Crippen LogP contribution is -2.06. The molecule has 1 N–H and O–H groups in total. The Labute approximate surface area is 138 Å². The molecule has 0 amide bonds. The van der Waals surface area contributed by atoms with Crippen molar-refractivity contribution >= 4 is 27.5 Å². The number of hydrogen-bond acceptors (Lipinski definition) is 3. The van der Waals surface area contributed by atoms with E-state index in [4.69, 9.17) is 21.1 Å². The average molecular weight is 371 g/mol. The third kappa shape index (κ3) is 3.70. The molecule has 5 heteroatoms. The summed E-state index contributed by atoms with van der Waals surface area (Å²) in [5.41, 5.74) is 1.95. The molecule has 0 aromatic heterocycles. The molecule has 0 unspecified atom stereocenters. The van der Waals surface area contributed by atoms with Crippen molar-refractivity contribution in [3.63, 3.8) is 0 Å². The van der Waals surface area contributed by atoms with E-state index in [9.17, 15) is 0 Å². The van der Waals surface area contributed by atoms with Gasteiger partial charge in [-0.3, -0.25) is 0 Å². The maximum Gasteiger partial charge on any atom is 0.144 e. The van der Waals surface area contributed by atoms with Gasteiger partial charge in [-0.1, -0.05) is 33.6 Å². The van der Waals surface area contributed by atoms with Gasteiger partial charge in [0.05, 0.1) is 12.1 Å². The van der Waals surface area contributed by atoms with E-state index in [1.807, 2.05) is 38.2 Å². The van der Waals surface area contributed by atoms with Crippen LogP contribution in [0.1, 0.15) is 11.1 Å². The molecule has 0 aliphatic heterocycles. The summed E-state index contributed by atoms with van der Waals surface area (Å²) < 4.78 is 12.4. The molecule has 2 aromatic carbocycles. The summed E-state index contributed by atoms with van der Waals surface area (Å²) in [6.07, 6.45) is 0. The van der Waals surface area contributed by atoms with Gasteiger partial charge >= 0.3 is 0 Å². The van der Waals surface area contributed by atoms with Gasteiger partial charge in [-0.25, -0.2) is 0 Å². The molecule has 0 saturated carbocycles. The molecule has 0 saturated heterocycles. The molecule has 2 rings (SSSR count). The minimum Gasteiger partial charge on any atom is -0.495 e. The normalized spacial score (nSPS) is 10.5. The van der Waals surface area contributed by atoms with Crippen LogP contribution >= 0.6 is 27.5 Å². The lowest BCUT2D eigenvalue weighted by Gasteiger charge is -2.15. The number of rotatable bonds is 5. The first-order chi connectivity index (χ1) is 10.1. The zero-order valence-electron chi connectivity index (χ0n) is 12.2. The van der Waals surface area contributed by atoms with E-state index in [0.29, 0.717) is 10.8 Å². The molecule has 0 fully saturated rings. The zero-order valence-corrected chi connectivity index (χ0v) is 14.5. The number of methoxy groups -OCH3 is 1. The lowest BCUT2D eigenvalue weighted by atomic mass is 10.1. The van der Waals surface area contributed by atoms with Gasteiger partial charge in [0, 0.05) is 22.1 Å². The molecule has 0 radical (unpaired) electrons. The van der Waals surface area contributed by atoms with E-state index in [-0.39, 0.29) is 0 Å². The topological polar surface area (TPSA) is 30.5 Å². The molecule has 0 spiro atoms. The number of ether oxygens (including phenoxy) is 2. The first kappa shape index (κ1) is 16.1. The average Bonchev–Trinajstić information content (AvgIpc) is 2.45. The van der Waals surface area contributed by atoms with Crippen molar-refractivity contribution in [3.8, 4) is 17.2 Å². The maximum absolute atomic E-state index is 6.11. The minimum absolute atomic E-state index is 0.576.